The highest BCUT2D eigenvalue weighted by Gasteiger charge is 2.35. The Labute approximate surface area is 166 Å². The summed E-state index contributed by atoms with van der Waals surface area (Å²) in [5.41, 5.74) is 0.754. The van der Waals surface area contributed by atoms with Crippen LogP contribution in [0, 0.1) is 10.1 Å². The molecule has 0 radical (unpaired) electrons. The monoisotopic (exact) mass is 402 g/mol. The highest BCUT2D eigenvalue weighted by molar-refractivity contribution is 5.89. The van der Waals surface area contributed by atoms with E-state index in [1.807, 2.05) is 30.3 Å². The Bertz CT molecular complexity index is 874. The molecule has 0 aromatic heterocycles. The van der Waals surface area contributed by atoms with Crippen LogP contribution in [-0.4, -0.2) is 47.3 Å². The van der Waals surface area contributed by atoms with Crippen LogP contribution in [0.3, 0.4) is 0 Å². The topological polar surface area (TPSA) is 99.0 Å². The summed E-state index contributed by atoms with van der Waals surface area (Å²) in [6, 6.07) is 14.0. The zero-order valence-corrected chi connectivity index (χ0v) is 15.4. The predicted octanol–water partition coefficient (Wildman–Crippen LogP) is 3.50. The number of carbonyl (C=O) groups is 2. The molecule has 0 bridgehead atoms. The molecule has 2 aromatic carbocycles. The van der Waals surface area contributed by atoms with Gasteiger partial charge in [-0.3, -0.25) is 10.1 Å². The fourth-order valence-corrected chi connectivity index (χ4v) is 2.92. The molecular weight excluding hydrogens is 383 g/mol. The Kier molecular flexibility index (Phi) is 6.38. The summed E-state index contributed by atoms with van der Waals surface area (Å²) >= 11 is 0. The molecule has 1 aliphatic heterocycles. The number of ether oxygens (including phenoxy) is 2. The maximum Gasteiger partial charge on any atom is 0.410 e. The highest BCUT2D eigenvalue weighted by Crippen LogP contribution is 2.21. The summed E-state index contributed by atoms with van der Waals surface area (Å²) in [5, 5.41) is 10.7. The lowest BCUT2D eigenvalue weighted by Crippen LogP contribution is -2.48. The third kappa shape index (κ3) is 5.28. The summed E-state index contributed by atoms with van der Waals surface area (Å²) in [7, 11) is 0. The van der Waals surface area contributed by atoms with E-state index >= 15 is 0 Å². The van der Waals surface area contributed by atoms with Crippen LogP contribution in [-0.2, 0) is 16.1 Å². The molecule has 1 aliphatic rings. The number of alkyl halides is 1. The van der Waals surface area contributed by atoms with Crippen LogP contribution in [0.5, 0.6) is 0 Å². The number of halogens is 1. The molecule has 3 rings (SSSR count). The zero-order chi connectivity index (χ0) is 20.8. The number of non-ortho nitro benzene ring substituents is 1. The van der Waals surface area contributed by atoms with Gasteiger partial charge in [-0.05, 0) is 17.7 Å². The van der Waals surface area contributed by atoms with Gasteiger partial charge < -0.3 is 14.4 Å². The number of nitro groups is 1. The molecule has 0 saturated carbocycles. The highest BCUT2D eigenvalue weighted by atomic mass is 19.1. The minimum Gasteiger partial charge on any atom is -0.456 e. The number of nitro benzene ring substituents is 1. The lowest BCUT2D eigenvalue weighted by Gasteiger charge is -2.33. The van der Waals surface area contributed by atoms with Gasteiger partial charge in [0, 0.05) is 25.1 Å². The van der Waals surface area contributed by atoms with Crippen molar-refractivity contribution in [3.05, 3.63) is 75.8 Å². The second-order valence-corrected chi connectivity index (χ2v) is 6.54. The first-order valence-electron chi connectivity index (χ1n) is 8.99. The molecule has 9 heteroatoms. The average molecular weight is 402 g/mol. The van der Waals surface area contributed by atoms with Crippen molar-refractivity contribution >= 4 is 17.7 Å². The molecule has 0 aliphatic carbocycles. The number of nitrogens with zero attached hydrogens (tertiary/aromatic N) is 2. The van der Waals surface area contributed by atoms with Crippen molar-refractivity contribution in [1.29, 1.82) is 0 Å². The van der Waals surface area contributed by atoms with Gasteiger partial charge in [0.1, 0.15) is 12.7 Å². The first-order chi connectivity index (χ1) is 13.9. The number of benzene rings is 2. The molecule has 0 spiro atoms. The maximum atomic E-state index is 14.5. The quantitative estimate of drug-likeness (QED) is 0.431. The average Bonchev–Trinajstić information content (AvgIpc) is 2.74. The Morgan fingerprint density at radius 3 is 2.45 bits per heavy atom. The second kappa shape index (κ2) is 9.13. The van der Waals surface area contributed by atoms with E-state index < -0.39 is 29.3 Å². The van der Waals surface area contributed by atoms with Gasteiger partial charge in [0.25, 0.3) is 5.69 Å². The molecule has 1 fully saturated rings. The Morgan fingerprint density at radius 2 is 1.83 bits per heavy atom. The van der Waals surface area contributed by atoms with Crippen LogP contribution in [0.4, 0.5) is 14.9 Å². The second-order valence-electron chi connectivity index (χ2n) is 6.54. The number of likely N-dealkylation sites (tertiary alicyclic amines) is 1. The van der Waals surface area contributed by atoms with Crippen LogP contribution in [0.15, 0.2) is 54.6 Å². The smallest absolute Gasteiger partial charge is 0.410 e. The fourth-order valence-electron chi connectivity index (χ4n) is 2.92. The van der Waals surface area contributed by atoms with Crippen LogP contribution >= 0.6 is 0 Å². The number of hydrogen-bond donors (Lipinski definition) is 0. The standard InChI is InChI=1S/C20H19FN2O6/c21-17-12-22(20(25)28-13-14-4-2-1-3-5-14)11-10-18(17)29-19(24)15-6-8-16(9-7-15)23(26)27/h1-9,17-18H,10-13H2/t17-,18-/m1/s1. The van der Waals surface area contributed by atoms with E-state index in [0.29, 0.717) is 0 Å². The van der Waals surface area contributed by atoms with Crippen LogP contribution in [0.25, 0.3) is 0 Å². The largest absolute Gasteiger partial charge is 0.456 e. The van der Waals surface area contributed by atoms with Gasteiger partial charge >= 0.3 is 12.1 Å². The van der Waals surface area contributed by atoms with Crippen molar-refractivity contribution < 1.29 is 28.4 Å². The third-order valence-corrected chi connectivity index (χ3v) is 4.52. The van der Waals surface area contributed by atoms with Crippen molar-refractivity contribution in [3.63, 3.8) is 0 Å². The molecule has 152 valence electrons. The molecule has 29 heavy (non-hydrogen) atoms. The van der Waals surface area contributed by atoms with E-state index in [0.717, 1.165) is 5.56 Å². The first kappa shape index (κ1) is 20.2. The van der Waals surface area contributed by atoms with E-state index in [4.69, 9.17) is 9.47 Å². The summed E-state index contributed by atoms with van der Waals surface area (Å²) in [6.07, 6.45) is -3.07. The number of amides is 1. The molecule has 0 N–H and O–H groups in total. The van der Waals surface area contributed by atoms with E-state index in [1.165, 1.54) is 29.2 Å². The number of rotatable bonds is 5. The predicted molar refractivity (Wildman–Crippen MR) is 100 cm³/mol. The van der Waals surface area contributed by atoms with Gasteiger partial charge in [0.2, 0.25) is 0 Å². The van der Waals surface area contributed by atoms with Crippen molar-refractivity contribution in [2.45, 2.75) is 25.3 Å². The van der Waals surface area contributed by atoms with Crippen LogP contribution in [0.2, 0.25) is 0 Å². The summed E-state index contributed by atoms with van der Waals surface area (Å²) in [4.78, 5) is 35.6. The third-order valence-electron chi connectivity index (χ3n) is 4.52. The minimum atomic E-state index is -1.56. The molecule has 8 nitrogen and oxygen atoms in total. The molecule has 0 unspecified atom stereocenters. The maximum absolute atomic E-state index is 14.5. The van der Waals surface area contributed by atoms with Crippen LogP contribution < -0.4 is 0 Å². The molecule has 1 saturated heterocycles. The minimum absolute atomic E-state index is 0.0890. The van der Waals surface area contributed by atoms with Crippen molar-refractivity contribution in [1.82, 2.24) is 4.90 Å². The fraction of sp³-hybridized carbons (Fsp3) is 0.300. The van der Waals surface area contributed by atoms with Crippen molar-refractivity contribution in [2.75, 3.05) is 13.1 Å². The normalized spacial score (nSPS) is 18.7. The summed E-state index contributed by atoms with van der Waals surface area (Å²) in [5.74, 6) is -0.771. The molecule has 1 amide bonds. The molecule has 2 atom stereocenters. The number of carbonyl (C=O) groups excluding carboxylic acids is 2. The van der Waals surface area contributed by atoms with Gasteiger partial charge in [0.15, 0.2) is 6.17 Å². The molecule has 2 aromatic rings. The van der Waals surface area contributed by atoms with Gasteiger partial charge in [-0.15, -0.1) is 0 Å². The van der Waals surface area contributed by atoms with E-state index in [2.05, 4.69) is 0 Å². The summed E-state index contributed by atoms with van der Waals surface area (Å²) < 4.78 is 24.8. The van der Waals surface area contributed by atoms with Crippen molar-refractivity contribution in [2.24, 2.45) is 0 Å². The number of esters is 1. The first-order valence-corrected chi connectivity index (χ1v) is 8.99. The van der Waals surface area contributed by atoms with Gasteiger partial charge in [-0.1, -0.05) is 30.3 Å². The van der Waals surface area contributed by atoms with E-state index in [1.54, 1.807) is 0 Å². The van der Waals surface area contributed by atoms with Gasteiger partial charge in [0.05, 0.1) is 17.0 Å². The lowest BCUT2D eigenvalue weighted by molar-refractivity contribution is -0.384. The zero-order valence-electron chi connectivity index (χ0n) is 15.4. The lowest BCUT2D eigenvalue weighted by atomic mass is 10.1. The van der Waals surface area contributed by atoms with Gasteiger partial charge in [-0.2, -0.15) is 0 Å². The Balaban J connectivity index is 1.49. The number of hydrogen-bond acceptors (Lipinski definition) is 6. The molecular formula is C20H19FN2O6. The number of piperidine rings is 1. The Morgan fingerprint density at radius 1 is 1.14 bits per heavy atom. The van der Waals surface area contributed by atoms with E-state index in [9.17, 15) is 24.1 Å². The van der Waals surface area contributed by atoms with E-state index in [-0.39, 0.29) is 37.4 Å². The van der Waals surface area contributed by atoms with Crippen molar-refractivity contribution in [3.8, 4) is 0 Å². The SMILES string of the molecule is O=C(O[C@@H]1CCN(C(=O)OCc2ccccc2)C[C@H]1F)c1ccc([N+](=O)[O-])cc1. The van der Waals surface area contributed by atoms with Crippen LogP contribution in [0.1, 0.15) is 22.3 Å². The summed E-state index contributed by atoms with van der Waals surface area (Å²) in [6.45, 7) is 0.0315. The molecule has 1 heterocycles. The Hall–Kier alpha value is -3.49. The van der Waals surface area contributed by atoms with Gasteiger partial charge in [-0.25, -0.2) is 14.0 Å².